The second-order valence-electron chi connectivity index (χ2n) is 2.62. The van der Waals surface area contributed by atoms with Gasteiger partial charge in [0.25, 0.3) is 5.91 Å². The third kappa shape index (κ3) is 1.64. The molecule has 1 aromatic rings. The van der Waals surface area contributed by atoms with Crippen molar-refractivity contribution in [1.82, 2.24) is 10.3 Å². The SMILES string of the molecule is O=C1CNC(=S)N1/N=C/c1ccco1. The summed E-state index contributed by atoms with van der Waals surface area (Å²) in [6, 6.07) is 3.48. The average molecular weight is 209 g/mol. The van der Waals surface area contributed by atoms with Crippen molar-refractivity contribution < 1.29 is 9.21 Å². The van der Waals surface area contributed by atoms with Crippen LogP contribution >= 0.6 is 12.2 Å². The standard InChI is InChI=1S/C8H7N3O2S/c12-7-5-9-8(14)11(7)10-4-6-2-1-3-13-6/h1-4H,5H2,(H,9,14)/b10-4+. The zero-order valence-electron chi connectivity index (χ0n) is 7.14. The van der Waals surface area contributed by atoms with Crippen molar-refractivity contribution >= 4 is 29.5 Å². The molecule has 6 heteroatoms. The Balaban J connectivity index is 2.10. The number of thiocarbonyl (C=S) groups is 1. The normalized spacial score (nSPS) is 16.7. The lowest BCUT2D eigenvalue weighted by molar-refractivity contribution is -0.124. The summed E-state index contributed by atoms with van der Waals surface area (Å²) in [5, 5.41) is 8.06. The summed E-state index contributed by atoms with van der Waals surface area (Å²) in [6.45, 7) is 0.203. The number of furan rings is 1. The van der Waals surface area contributed by atoms with Gasteiger partial charge in [-0.15, -0.1) is 0 Å². The zero-order chi connectivity index (χ0) is 9.97. The molecule has 1 aromatic heterocycles. The number of nitrogens with zero attached hydrogens (tertiary/aromatic N) is 2. The Hall–Kier alpha value is -1.69. The van der Waals surface area contributed by atoms with Crippen LogP contribution in [0.4, 0.5) is 0 Å². The van der Waals surface area contributed by atoms with Crippen LogP contribution in [-0.2, 0) is 4.79 Å². The minimum Gasteiger partial charge on any atom is -0.463 e. The van der Waals surface area contributed by atoms with Crippen LogP contribution in [0.1, 0.15) is 5.76 Å². The van der Waals surface area contributed by atoms with Gasteiger partial charge in [-0.25, -0.2) is 0 Å². The summed E-state index contributed by atoms with van der Waals surface area (Å²) in [6.07, 6.45) is 2.97. The lowest BCUT2D eigenvalue weighted by atomic mass is 10.5. The molecule has 0 radical (unpaired) electrons. The maximum Gasteiger partial charge on any atom is 0.268 e. The fourth-order valence-electron chi connectivity index (χ4n) is 1.01. The molecule has 1 amide bonds. The molecule has 2 heterocycles. The van der Waals surface area contributed by atoms with Gasteiger partial charge < -0.3 is 9.73 Å². The molecule has 14 heavy (non-hydrogen) atoms. The summed E-state index contributed by atoms with van der Waals surface area (Å²) < 4.78 is 5.01. The van der Waals surface area contributed by atoms with Crippen molar-refractivity contribution in [2.75, 3.05) is 6.54 Å². The van der Waals surface area contributed by atoms with Gasteiger partial charge in [-0.3, -0.25) is 4.79 Å². The largest absolute Gasteiger partial charge is 0.463 e. The molecule has 1 N–H and O–H groups in total. The summed E-state index contributed by atoms with van der Waals surface area (Å²) in [7, 11) is 0. The van der Waals surface area contributed by atoms with E-state index in [0.717, 1.165) is 5.01 Å². The number of hydrazone groups is 1. The molecule has 1 aliphatic heterocycles. The van der Waals surface area contributed by atoms with Gasteiger partial charge in [0.1, 0.15) is 5.76 Å². The molecule has 0 saturated carbocycles. The number of carbonyl (C=O) groups is 1. The Kier molecular flexibility index (Phi) is 2.28. The summed E-state index contributed by atoms with van der Waals surface area (Å²) in [4.78, 5) is 11.2. The highest BCUT2D eigenvalue weighted by Gasteiger charge is 2.24. The van der Waals surface area contributed by atoms with Gasteiger partial charge >= 0.3 is 0 Å². The molecule has 0 aliphatic carbocycles. The van der Waals surface area contributed by atoms with E-state index in [0.29, 0.717) is 10.9 Å². The van der Waals surface area contributed by atoms with Crippen LogP contribution in [0.25, 0.3) is 0 Å². The Morgan fingerprint density at radius 3 is 3.14 bits per heavy atom. The number of amides is 1. The first kappa shape index (κ1) is 8.89. The van der Waals surface area contributed by atoms with Gasteiger partial charge in [-0.05, 0) is 24.4 Å². The fourth-order valence-corrected chi connectivity index (χ4v) is 1.23. The van der Waals surface area contributed by atoms with Crippen molar-refractivity contribution in [3.05, 3.63) is 24.2 Å². The first-order valence-corrected chi connectivity index (χ1v) is 4.36. The Morgan fingerprint density at radius 2 is 2.57 bits per heavy atom. The molecule has 0 unspecified atom stereocenters. The summed E-state index contributed by atoms with van der Waals surface area (Å²) >= 11 is 4.86. The van der Waals surface area contributed by atoms with Crippen LogP contribution in [0.5, 0.6) is 0 Å². The molecule has 2 rings (SSSR count). The number of rotatable bonds is 2. The van der Waals surface area contributed by atoms with Gasteiger partial charge in [-0.1, -0.05) is 0 Å². The van der Waals surface area contributed by atoms with Gasteiger partial charge in [0.05, 0.1) is 19.0 Å². The van der Waals surface area contributed by atoms with Crippen molar-refractivity contribution in [3.8, 4) is 0 Å². The molecule has 1 fully saturated rings. The van der Waals surface area contributed by atoms with Gasteiger partial charge in [0.15, 0.2) is 5.11 Å². The Bertz CT molecular complexity index is 369. The van der Waals surface area contributed by atoms with Crippen LogP contribution in [0.3, 0.4) is 0 Å². The van der Waals surface area contributed by atoms with Gasteiger partial charge in [0.2, 0.25) is 0 Å². The van der Waals surface area contributed by atoms with E-state index in [2.05, 4.69) is 10.4 Å². The molecule has 0 atom stereocenters. The number of nitrogens with one attached hydrogen (secondary N) is 1. The smallest absolute Gasteiger partial charge is 0.268 e. The maximum absolute atomic E-state index is 11.2. The first-order chi connectivity index (χ1) is 6.77. The van der Waals surface area contributed by atoms with E-state index in [1.807, 2.05) is 0 Å². The molecule has 0 spiro atoms. The van der Waals surface area contributed by atoms with Crippen molar-refractivity contribution in [2.45, 2.75) is 0 Å². The second-order valence-corrected chi connectivity index (χ2v) is 3.01. The topological polar surface area (TPSA) is 57.8 Å². The molecule has 1 saturated heterocycles. The van der Waals surface area contributed by atoms with Gasteiger partial charge in [0, 0.05) is 0 Å². The summed E-state index contributed by atoms with van der Waals surface area (Å²) in [5.41, 5.74) is 0. The Morgan fingerprint density at radius 1 is 1.71 bits per heavy atom. The lowest BCUT2D eigenvalue weighted by Gasteiger charge is -2.04. The van der Waals surface area contributed by atoms with E-state index in [1.165, 1.54) is 12.5 Å². The minimum absolute atomic E-state index is 0.169. The molecular weight excluding hydrogens is 202 g/mol. The van der Waals surface area contributed by atoms with Crippen LogP contribution in [0.2, 0.25) is 0 Å². The zero-order valence-corrected chi connectivity index (χ0v) is 7.95. The highest BCUT2D eigenvalue weighted by molar-refractivity contribution is 7.80. The molecular formula is C8H7N3O2S. The van der Waals surface area contributed by atoms with Crippen molar-refractivity contribution in [1.29, 1.82) is 0 Å². The predicted molar refractivity (Wildman–Crippen MR) is 53.7 cm³/mol. The van der Waals surface area contributed by atoms with Crippen LogP contribution < -0.4 is 5.32 Å². The average Bonchev–Trinajstić information content (AvgIpc) is 2.76. The van der Waals surface area contributed by atoms with Crippen molar-refractivity contribution in [2.24, 2.45) is 5.10 Å². The van der Waals surface area contributed by atoms with E-state index in [-0.39, 0.29) is 12.5 Å². The second kappa shape index (κ2) is 3.59. The molecule has 5 nitrogen and oxygen atoms in total. The molecule has 0 bridgehead atoms. The van der Waals surface area contributed by atoms with Crippen LogP contribution in [0, 0.1) is 0 Å². The van der Waals surface area contributed by atoms with E-state index in [9.17, 15) is 4.79 Å². The van der Waals surface area contributed by atoms with Crippen LogP contribution in [-0.4, -0.2) is 28.8 Å². The van der Waals surface area contributed by atoms with E-state index >= 15 is 0 Å². The first-order valence-electron chi connectivity index (χ1n) is 3.95. The quantitative estimate of drug-likeness (QED) is 0.563. The van der Waals surface area contributed by atoms with E-state index in [1.54, 1.807) is 12.1 Å². The third-order valence-corrected chi connectivity index (χ3v) is 1.98. The number of hydrogen-bond acceptors (Lipinski definition) is 4. The van der Waals surface area contributed by atoms with E-state index in [4.69, 9.17) is 16.6 Å². The molecule has 0 aromatic carbocycles. The summed E-state index contributed by atoms with van der Waals surface area (Å²) in [5.74, 6) is 0.408. The van der Waals surface area contributed by atoms with E-state index < -0.39 is 0 Å². The monoisotopic (exact) mass is 209 g/mol. The third-order valence-electron chi connectivity index (χ3n) is 1.66. The molecule has 72 valence electrons. The highest BCUT2D eigenvalue weighted by atomic mass is 32.1. The Labute approximate surface area is 85.4 Å². The molecule has 1 aliphatic rings. The lowest BCUT2D eigenvalue weighted by Crippen LogP contribution is -2.25. The maximum atomic E-state index is 11.2. The number of carbonyl (C=O) groups excluding carboxylic acids is 1. The van der Waals surface area contributed by atoms with Crippen molar-refractivity contribution in [3.63, 3.8) is 0 Å². The number of hydrogen-bond donors (Lipinski definition) is 1. The predicted octanol–water partition coefficient (Wildman–Crippen LogP) is 0.330. The fraction of sp³-hybridized carbons (Fsp3) is 0.125. The van der Waals surface area contributed by atoms with Gasteiger partial charge in [-0.2, -0.15) is 10.1 Å². The minimum atomic E-state index is -0.169. The highest BCUT2D eigenvalue weighted by Crippen LogP contribution is 2.01. The van der Waals surface area contributed by atoms with Crippen LogP contribution in [0.15, 0.2) is 27.9 Å².